The lowest BCUT2D eigenvalue weighted by Gasteiger charge is -2.29. The summed E-state index contributed by atoms with van der Waals surface area (Å²) in [5, 5.41) is 12.4. The minimum Gasteiger partial charge on any atom is -0.457 e. The Bertz CT molecular complexity index is 537. The molecule has 2 aromatic rings. The van der Waals surface area contributed by atoms with Crippen LogP contribution in [-0.4, -0.2) is 18.3 Å². The summed E-state index contributed by atoms with van der Waals surface area (Å²) >= 11 is 0. The van der Waals surface area contributed by atoms with Crippen LogP contribution in [0.2, 0.25) is 0 Å². The summed E-state index contributed by atoms with van der Waals surface area (Å²) in [6, 6.07) is 16.5. The third-order valence-corrected chi connectivity index (χ3v) is 3.61. The van der Waals surface area contributed by atoms with Gasteiger partial charge < -0.3 is 15.2 Å². The van der Waals surface area contributed by atoms with Crippen LogP contribution in [0.4, 0.5) is 0 Å². The zero-order valence-electron chi connectivity index (χ0n) is 11.4. The number of fused-ring (bicyclic) bond motifs is 2. The number of benzene rings is 2. The Kier molecular flexibility index (Phi) is 4.00. The molecule has 2 aromatic carbocycles. The number of para-hydroxylation sites is 2. The van der Waals surface area contributed by atoms with Crippen molar-refractivity contribution in [2.75, 3.05) is 13.2 Å². The highest BCUT2D eigenvalue weighted by Crippen LogP contribution is 2.42. The topological polar surface area (TPSA) is 41.5 Å². The third-order valence-electron chi connectivity index (χ3n) is 3.61. The average molecular weight is 269 g/mol. The molecular weight excluding hydrogens is 250 g/mol. The van der Waals surface area contributed by atoms with E-state index in [-0.39, 0.29) is 12.6 Å². The first-order valence-electron chi connectivity index (χ1n) is 7.10. The number of nitrogens with one attached hydrogen (secondary N) is 1. The van der Waals surface area contributed by atoms with E-state index < -0.39 is 0 Å². The van der Waals surface area contributed by atoms with Crippen molar-refractivity contribution < 1.29 is 9.84 Å². The van der Waals surface area contributed by atoms with Gasteiger partial charge in [0.2, 0.25) is 0 Å². The van der Waals surface area contributed by atoms with Crippen LogP contribution in [-0.2, 0) is 0 Å². The molecule has 0 saturated heterocycles. The average Bonchev–Trinajstić information content (AvgIpc) is 2.50. The van der Waals surface area contributed by atoms with Crippen molar-refractivity contribution in [3.63, 3.8) is 0 Å². The van der Waals surface area contributed by atoms with E-state index >= 15 is 0 Å². The highest BCUT2D eigenvalue weighted by molar-refractivity contribution is 5.52. The van der Waals surface area contributed by atoms with Crippen LogP contribution >= 0.6 is 0 Å². The normalized spacial score (nSPS) is 13.4. The molecule has 0 aliphatic carbocycles. The summed E-state index contributed by atoms with van der Waals surface area (Å²) in [4.78, 5) is 0. The van der Waals surface area contributed by atoms with E-state index in [2.05, 4.69) is 17.4 Å². The van der Waals surface area contributed by atoms with Crippen LogP contribution in [0.1, 0.15) is 30.0 Å². The molecule has 0 saturated carbocycles. The van der Waals surface area contributed by atoms with Crippen LogP contribution in [0.5, 0.6) is 11.5 Å². The number of aliphatic hydroxyl groups excluding tert-OH is 1. The maximum atomic E-state index is 8.87. The molecule has 0 spiro atoms. The molecule has 1 aliphatic rings. The standard InChI is InChI=1S/C17H19NO2/c19-12-6-5-11-18-17-13-7-1-3-9-15(13)20-16-10-4-2-8-14(16)17/h1-4,7-10,17-19H,5-6,11-12H2. The monoisotopic (exact) mass is 269 g/mol. The first-order chi connectivity index (χ1) is 9.90. The number of hydrogen-bond acceptors (Lipinski definition) is 3. The van der Waals surface area contributed by atoms with Gasteiger partial charge >= 0.3 is 0 Å². The Balaban J connectivity index is 1.87. The molecule has 0 bridgehead atoms. The van der Waals surface area contributed by atoms with Crippen molar-refractivity contribution >= 4 is 0 Å². The SMILES string of the molecule is OCCCCNC1c2ccccc2Oc2ccccc21. The lowest BCUT2D eigenvalue weighted by molar-refractivity contribution is 0.283. The molecule has 0 radical (unpaired) electrons. The molecule has 0 fully saturated rings. The molecule has 0 unspecified atom stereocenters. The van der Waals surface area contributed by atoms with E-state index in [0.29, 0.717) is 0 Å². The Morgan fingerprint density at radius 1 is 0.900 bits per heavy atom. The van der Waals surface area contributed by atoms with Gasteiger partial charge in [0, 0.05) is 17.7 Å². The second kappa shape index (κ2) is 6.07. The first kappa shape index (κ1) is 13.2. The maximum absolute atomic E-state index is 8.87. The fourth-order valence-corrected chi connectivity index (χ4v) is 2.61. The lowest BCUT2D eigenvalue weighted by Crippen LogP contribution is -2.26. The molecule has 2 N–H and O–H groups in total. The molecule has 0 amide bonds. The second-order valence-electron chi connectivity index (χ2n) is 5.00. The highest BCUT2D eigenvalue weighted by atomic mass is 16.5. The summed E-state index contributed by atoms with van der Waals surface area (Å²) in [6.07, 6.45) is 1.80. The summed E-state index contributed by atoms with van der Waals surface area (Å²) in [7, 11) is 0. The van der Waals surface area contributed by atoms with Crippen molar-refractivity contribution in [2.45, 2.75) is 18.9 Å². The predicted molar refractivity (Wildman–Crippen MR) is 79.1 cm³/mol. The highest BCUT2D eigenvalue weighted by Gasteiger charge is 2.25. The Hall–Kier alpha value is -1.84. The predicted octanol–water partition coefficient (Wildman–Crippen LogP) is 3.24. The minimum absolute atomic E-state index is 0.162. The number of aliphatic hydroxyl groups is 1. The molecule has 0 aromatic heterocycles. The van der Waals surface area contributed by atoms with Crippen LogP contribution in [0.3, 0.4) is 0 Å². The van der Waals surface area contributed by atoms with Gasteiger partial charge in [0.05, 0.1) is 6.04 Å². The molecule has 0 atom stereocenters. The molecule has 104 valence electrons. The summed E-state index contributed by atoms with van der Waals surface area (Å²) in [5.41, 5.74) is 2.35. The smallest absolute Gasteiger partial charge is 0.132 e. The van der Waals surface area contributed by atoms with E-state index in [1.165, 1.54) is 11.1 Å². The molecular formula is C17H19NO2. The van der Waals surface area contributed by atoms with Gasteiger partial charge in [-0.05, 0) is 31.5 Å². The van der Waals surface area contributed by atoms with Gasteiger partial charge in [-0.15, -0.1) is 0 Å². The van der Waals surface area contributed by atoms with Gasteiger partial charge in [0.15, 0.2) is 0 Å². The number of ether oxygens (including phenoxy) is 1. The Morgan fingerprint density at radius 3 is 2.10 bits per heavy atom. The fraction of sp³-hybridized carbons (Fsp3) is 0.294. The van der Waals surface area contributed by atoms with Crippen LogP contribution in [0.25, 0.3) is 0 Å². The zero-order valence-corrected chi connectivity index (χ0v) is 11.4. The largest absolute Gasteiger partial charge is 0.457 e. The summed E-state index contributed by atoms with van der Waals surface area (Å²) in [5.74, 6) is 1.84. The Labute approximate surface area is 119 Å². The molecule has 1 aliphatic heterocycles. The van der Waals surface area contributed by atoms with Crippen molar-refractivity contribution in [3.05, 3.63) is 59.7 Å². The molecule has 3 nitrogen and oxygen atoms in total. The van der Waals surface area contributed by atoms with Gasteiger partial charge in [-0.1, -0.05) is 36.4 Å². The van der Waals surface area contributed by atoms with Crippen molar-refractivity contribution in [3.8, 4) is 11.5 Å². The van der Waals surface area contributed by atoms with Gasteiger partial charge in [-0.3, -0.25) is 0 Å². The Morgan fingerprint density at radius 2 is 1.50 bits per heavy atom. The third kappa shape index (κ3) is 2.55. The van der Waals surface area contributed by atoms with E-state index in [1.54, 1.807) is 0 Å². The van der Waals surface area contributed by atoms with Gasteiger partial charge in [-0.25, -0.2) is 0 Å². The van der Waals surface area contributed by atoms with Crippen molar-refractivity contribution in [1.29, 1.82) is 0 Å². The molecule has 3 heteroatoms. The molecule has 3 rings (SSSR count). The second-order valence-corrected chi connectivity index (χ2v) is 5.00. The van der Waals surface area contributed by atoms with Gasteiger partial charge in [0.25, 0.3) is 0 Å². The quantitative estimate of drug-likeness (QED) is 0.819. The van der Waals surface area contributed by atoms with E-state index in [9.17, 15) is 0 Å². The first-order valence-corrected chi connectivity index (χ1v) is 7.10. The van der Waals surface area contributed by atoms with Crippen molar-refractivity contribution in [2.24, 2.45) is 0 Å². The molecule has 20 heavy (non-hydrogen) atoms. The van der Waals surface area contributed by atoms with Crippen LogP contribution in [0.15, 0.2) is 48.5 Å². The van der Waals surface area contributed by atoms with Crippen molar-refractivity contribution in [1.82, 2.24) is 5.32 Å². The number of unbranched alkanes of at least 4 members (excludes halogenated alkanes) is 1. The van der Waals surface area contributed by atoms with E-state index in [0.717, 1.165) is 30.9 Å². The van der Waals surface area contributed by atoms with Gasteiger partial charge in [-0.2, -0.15) is 0 Å². The van der Waals surface area contributed by atoms with E-state index in [1.807, 2.05) is 36.4 Å². The number of hydrogen-bond donors (Lipinski definition) is 2. The number of rotatable bonds is 5. The molecule has 1 heterocycles. The van der Waals surface area contributed by atoms with Crippen LogP contribution in [0, 0.1) is 0 Å². The zero-order chi connectivity index (χ0) is 13.8. The van der Waals surface area contributed by atoms with Crippen LogP contribution < -0.4 is 10.1 Å². The summed E-state index contributed by atoms with van der Waals surface area (Å²) < 4.78 is 5.96. The maximum Gasteiger partial charge on any atom is 0.132 e. The minimum atomic E-state index is 0.162. The lowest BCUT2D eigenvalue weighted by atomic mass is 9.94. The fourth-order valence-electron chi connectivity index (χ4n) is 2.61. The van der Waals surface area contributed by atoms with Gasteiger partial charge in [0.1, 0.15) is 11.5 Å². The summed E-state index contributed by atoms with van der Waals surface area (Å²) in [6.45, 7) is 1.14. The van der Waals surface area contributed by atoms with E-state index in [4.69, 9.17) is 9.84 Å².